The first-order valence-corrected chi connectivity index (χ1v) is 2.97. The van der Waals surface area contributed by atoms with E-state index in [9.17, 15) is 9.59 Å². The van der Waals surface area contributed by atoms with Crippen molar-refractivity contribution in [3.05, 3.63) is 0 Å². The monoisotopic (exact) mass is 144 g/mol. The Morgan fingerprint density at radius 2 is 2.40 bits per heavy atom. The van der Waals surface area contributed by atoms with Crippen LogP contribution in [0.4, 0.5) is 4.79 Å². The van der Waals surface area contributed by atoms with Gasteiger partial charge in [0, 0.05) is 13.0 Å². The van der Waals surface area contributed by atoms with Gasteiger partial charge in [-0.1, -0.05) is 0 Å². The molecule has 0 atom stereocenters. The molecule has 10 heavy (non-hydrogen) atoms. The van der Waals surface area contributed by atoms with E-state index < -0.39 is 6.09 Å². The maximum absolute atomic E-state index is 10.7. The molecule has 2 amide bonds. The normalized spacial score (nSPS) is 17.7. The number of rotatable bonds is 0. The van der Waals surface area contributed by atoms with E-state index in [0.717, 1.165) is 4.90 Å². The molecule has 56 valence electrons. The average molecular weight is 144 g/mol. The van der Waals surface area contributed by atoms with E-state index >= 15 is 0 Å². The predicted octanol–water partition coefficient (Wildman–Crippen LogP) is -0.381. The minimum absolute atomic E-state index is 0.213. The minimum atomic E-state index is -0.762. The number of carbonyl (C=O) groups is 2. The first-order chi connectivity index (χ1) is 4.75. The summed E-state index contributed by atoms with van der Waals surface area (Å²) in [5, 5.41) is 0. The number of nitrogens with two attached hydrogens (primary N) is 1. The number of likely N-dealkylation sites (tertiary alicyclic amines) is 1. The van der Waals surface area contributed by atoms with Gasteiger partial charge in [0.1, 0.15) is 0 Å². The molecule has 0 radical (unpaired) electrons. The Hall–Kier alpha value is -1.10. The van der Waals surface area contributed by atoms with Gasteiger partial charge < -0.3 is 4.84 Å². The molecule has 0 aromatic carbocycles. The highest BCUT2D eigenvalue weighted by molar-refractivity contribution is 5.93. The fourth-order valence-electron chi connectivity index (χ4n) is 0.905. The van der Waals surface area contributed by atoms with Crippen LogP contribution >= 0.6 is 0 Å². The van der Waals surface area contributed by atoms with Gasteiger partial charge in [-0.3, -0.25) is 4.79 Å². The van der Waals surface area contributed by atoms with Crippen molar-refractivity contribution >= 4 is 12.0 Å². The summed E-state index contributed by atoms with van der Waals surface area (Å²) in [7, 11) is 0. The van der Waals surface area contributed by atoms with E-state index in [1.807, 2.05) is 0 Å². The molecular weight excluding hydrogens is 136 g/mol. The summed E-state index contributed by atoms with van der Waals surface area (Å²) in [6.45, 7) is 0.425. The fraction of sp³-hybridized carbons (Fsp3) is 0.600. The standard InChI is InChI=1S/C5H8N2O3/c6-10-5(9)7-3-1-2-4(7)8/h1-3,6H2. The van der Waals surface area contributed by atoms with Crippen molar-refractivity contribution < 1.29 is 14.4 Å². The molecule has 1 saturated heterocycles. The van der Waals surface area contributed by atoms with Crippen molar-refractivity contribution in [2.75, 3.05) is 6.54 Å². The molecule has 2 N–H and O–H groups in total. The Balaban J connectivity index is 2.55. The third-order valence-electron chi connectivity index (χ3n) is 1.39. The lowest BCUT2D eigenvalue weighted by Gasteiger charge is -2.09. The molecular formula is C5H8N2O3. The lowest BCUT2D eigenvalue weighted by atomic mass is 10.4. The van der Waals surface area contributed by atoms with Gasteiger partial charge in [0.15, 0.2) is 0 Å². The Morgan fingerprint density at radius 1 is 1.70 bits per heavy atom. The van der Waals surface area contributed by atoms with Gasteiger partial charge in [-0.25, -0.2) is 9.69 Å². The lowest BCUT2D eigenvalue weighted by Crippen LogP contribution is -2.33. The SMILES string of the molecule is NOC(=O)N1CCCC1=O. The summed E-state index contributed by atoms with van der Waals surface area (Å²) < 4.78 is 0. The summed E-state index contributed by atoms with van der Waals surface area (Å²) in [4.78, 5) is 26.2. The number of nitrogens with zero attached hydrogens (tertiary/aromatic N) is 1. The molecule has 0 spiro atoms. The summed E-state index contributed by atoms with van der Waals surface area (Å²) in [5.41, 5.74) is 0. The second kappa shape index (κ2) is 2.66. The smallest absolute Gasteiger partial charge is 0.356 e. The van der Waals surface area contributed by atoms with Crippen LogP contribution in [0.3, 0.4) is 0 Å². The molecule has 5 nitrogen and oxygen atoms in total. The van der Waals surface area contributed by atoms with E-state index in [1.54, 1.807) is 0 Å². The Kier molecular flexibility index (Phi) is 1.86. The fourth-order valence-corrected chi connectivity index (χ4v) is 0.905. The van der Waals surface area contributed by atoms with Crippen LogP contribution in [0.15, 0.2) is 0 Å². The number of hydrogen-bond donors (Lipinski definition) is 1. The van der Waals surface area contributed by atoms with Crippen LogP contribution in [0.25, 0.3) is 0 Å². The summed E-state index contributed by atoms with van der Waals surface area (Å²) >= 11 is 0. The molecule has 0 aromatic heterocycles. The second-order valence-electron chi connectivity index (χ2n) is 2.03. The predicted molar refractivity (Wildman–Crippen MR) is 31.6 cm³/mol. The van der Waals surface area contributed by atoms with Crippen LogP contribution in [-0.2, 0) is 9.63 Å². The highest BCUT2D eigenvalue weighted by Gasteiger charge is 2.27. The molecule has 5 heteroatoms. The number of carbonyl (C=O) groups excluding carboxylic acids is 2. The van der Waals surface area contributed by atoms with Gasteiger partial charge in [-0.05, 0) is 6.42 Å². The van der Waals surface area contributed by atoms with Crippen LogP contribution in [0, 0.1) is 0 Å². The molecule has 1 aliphatic rings. The maximum Gasteiger partial charge on any atom is 0.435 e. The van der Waals surface area contributed by atoms with E-state index in [1.165, 1.54) is 0 Å². The van der Waals surface area contributed by atoms with Crippen molar-refractivity contribution in [3.8, 4) is 0 Å². The first kappa shape index (κ1) is 7.01. The zero-order valence-corrected chi connectivity index (χ0v) is 5.37. The van der Waals surface area contributed by atoms with Crippen LogP contribution in [0.5, 0.6) is 0 Å². The lowest BCUT2D eigenvalue weighted by molar-refractivity contribution is -0.126. The molecule has 0 aromatic rings. The summed E-state index contributed by atoms with van der Waals surface area (Å²) in [5.74, 6) is 4.36. The molecule has 0 aliphatic carbocycles. The Labute approximate surface area is 57.7 Å². The molecule has 1 rings (SSSR count). The van der Waals surface area contributed by atoms with Crippen molar-refractivity contribution in [2.24, 2.45) is 5.90 Å². The second-order valence-corrected chi connectivity index (χ2v) is 2.03. The van der Waals surface area contributed by atoms with E-state index in [4.69, 9.17) is 0 Å². The summed E-state index contributed by atoms with van der Waals surface area (Å²) in [6.07, 6.45) is 0.353. The highest BCUT2D eigenvalue weighted by Crippen LogP contribution is 2.09. The first-order valence-electron chi connectivity index (χ1n) is 2.97. The third-order valence-corrected chi connectivity index (χ3v) is 1.39. The maximum atomic E-state index is 10.7. The molecule has 0 bridgehead atoms. The molecule has 1 aliphatic heterocycles. The van der Waals surface area contributed by atoms with Crippen LogP contribution in [-0.4, -0.2) is 23.4 Å². The summed E-state index contributed by atoms with van der Waals surface area (Å²) in [6, 6.07) is 0. The van der Waals surface area contributed by atoms with E-state index in [-0.39, 0.29) is 5.91 Å². The van der Waals surface area contributed by atoms with E-state index in [2.05, 4.69) is 10.7 Å². The molecule has 1 fully saturated rings. The third kappa shape index (κ3) is 1.08. The minimum Gasteiger partial charge on any atom is -0.356 e. The largest absolute Gasteiger partial charge is 0.435 e. The van der Waals surface area contributed by atoms with E-state index in [0.29, 0.717) is 19.4 Å². The molecule has 0 unspecified atom stereocenters. The van der Waals surface area contributed by atoms with Crippen LogP contribution in [0.1, 0.15) is 12.8 Å². The number of hydrogen-bond acceptors (Lipinski definition) is 4. The van der Waals surface area contributed by atoms with Gasteiger partial charge >= 0.3 is 6.09 Å². The number of imide groups is 1. The van der Waals surface area contributed by atoms with Crippen molar-refractivity contribution in [3.63, 3.8) is 0 Å². The van der Waals surface area contributed by atoms with Crippen molar-refractivity contribution in [1.82, 2.24) is 4.90 Å². The number of amides is 2. The average Bonchev–Trinajstić information content (AvgIpc) is 2.34. The zero-order chi connectivity index (χ0) is 7.56. The molecule has 1 heterocycles. The molecule has 0 saturated carbocycles. The quantitative estimate of drug-likeness (QED) is 0.470. The van der Waals surface area contributed by atoms with Crippen LogP contribution < -0.4 is 5.90 Å². The zero-order valence-electron chi connectivity index (χ0n) is 5.37. The van der Waals surface area contributed by atoms with Gasteiger partial charge in [-0.15, -0.1) is 0 Å². The van der Waals surface area contributed by atoms with Gasteiger partial charge in [0.2, 0.25) is 5.91 Å². The Morgan fingerprint density at radius 3 is 2.80 bits per heavy atom. The Bertz CT molecular complexity index is 168. The topological polar surface area (TPSA) is 72.6 Å². The van der Waals surface area contributed by atoms with Gasteiger partial charge in [0.25, 0.3) is 0 Å². The van der Waals surface area contributed by atoms with Crippen molar-refractivity contribution in [2.45, 2.75) is 12.8 Å². The van der Waals surface area contributed by atoms with Crippen LogP contribution in [0.2, 0.25) is 0 Å². The van der Waals surface area contributed by atoms with Crippen molar-refractivity contribution in [1.29, 1.82) is 0 Å². The highest BCUT2D eigenvalue weighted by atomic mass is 16.7. The van der Waals surface area contributed by atoms with Gasteiger partial charge in [0.05, 0.1) is 0 Å². The van der Waals surface area contributed by atoms with Gasteiger partial charge in [-0.2, -0.15) is 5.90 Å².